The van der Waals surface area contributed by atoms with Gasteiger partial charge >= 0.3 is 0 Å². The third-order valence-electron chi connectivity index (χ3n) is 3.44. The van der Waals surface area contributed by atoms with E-state index in [9.17, 15) is 9.59 Å². The molecule has 0 aromatic heterocycles. The second-order valence-electron chi connectivity index (χ2n) is 4.79. The van der Waals surface area contributed by atoms with E-state index in [1.54, 1.807) is 7.05 Å². The molecule has 1 aliphatic rings. The van der Waals surface area contributed by atoms with Crippen LogP contribution in [0.15, 0.2) is 35.4 Å². The highest BCUT2D eigenvalue weighted by molar-refractivity contribution is 6.04. The lowest BCUT2D eigenvalue weighted by molar-refractivity contribution is -0.120. The van der Waals surface area contributed by atoms with Crippen LogP contribution in [-0.2, 0) is 16.0 Å². The minimum Gasteiger partial charge on any atom is -0.359 e. The van der Waals surface area contributed by atoms with Crippen molar-refractivity contribution in [2.45, 2.75) is 13.3 Å². The maximum absolute atomic E-state index is 12.2. The summed E-state index contributed by atoms with van der Waals surface area (Å²) in [7, 11) is 1.60. The van der Waals surface area contributed by atoms with Gasteiger partial charge in [0.2, 0.25) is 5.91 Å². The van der Waals surface area contributed by atoms with Crippen LogP contribution in [0.2, 0.25) is 0 Å². The second-order valence-corrected chi connectivity index (χ2v) is 4.79. The topological polar surface area (TPSA) is 70.2 Å². The first-order chi connectivity index (χ1) is 9.61. The number of hydrogen-bond acceptors (Lipinski definition) is 3. The zero-order valence-corrected chi connectivity index (χ0v) is 11.7. The molecule has 1 aliphatic heterocycles. The van der Waals surface area contributed by atoms with Crippen molar-refractivity contribution in [2.24, 2.45) is 0 Å². The largest absolute Gasteiger partial charge is 0.359 e. The zero-order valence-electron chi connectivity index (χ0n) is 11.7. The minimum atomic E-state index is -0.106. The Morgan fingerprint density at radius 1 is 1.25 bits per heavy atom. The molecule has 106 valence electrons. The maximum Gasteiger partial charge on any atom is 0.251 e. The fourth-order valence-electron chi connectivity index (χ4n) is 1.95. The molecule has 0 spiro atoms. The van der Waals surface area contributed by atoms with E-state index in [0.29, 0.717) is 5.69 Å². The SMILES string of the molecule is CNC(=O)Cc1ccccc1NC(=O)C(C)=C1CNC1. The van der Waals surface area contributed by atoms with Gasteiger partial charge in [0, 0.05) is 31.4 Å². The van der Waals surface area contributed by atoms with Crippen molar-refractivity contribution in [2.75, 3.05) is 25.5 Å². The lowest BCUT2D eigenvalue weighted by Gasteiger charge is -2.21. The van der Waals surface area contributed by atoms with E-state index in [1.807, 2.05) is 31.2 Å². The van der Waals surface area contributed by atoms with E-state index in [4.69, 9.17) is 0 Å². The third-order valence-corrected chi connectivity index (χ3v) is 3.44. The van der Waals surface area contributed by atoms with Gasteiger partial charge in [0.1, 0.15) is 0 Å². The molecule has 0 aliphatic carbocycles. The number of amides is 2. The first-order valence-electron chi connectivity index (χ1n) is 6.61. The van der Waals surface area contributed by atoms with Crippen LogP contribution in [0.3, 0.4) is 0 Å². The van der Waals surface area contributed by atoms with Crippen molar-refractivity contribution >= 4 is 17.5 Å². The summed E-state index contributed by atoms with van der Waals surface area (Å²) in [5.74, 6) is -0.184. The molecule has 5 heteroatoms. The summed E-state index contributed by atoms with van der Waals surface area (Å²) in [6.45, 7) is 3.38. The Kier molecular flexibility index (Phi) is 4.53. The van der Waals surface area contributed by atoms with Gasteiger partial charge < -0.3 is 16.0 Å². The number of benzene rings is 1. The van der Waals surface area contributed by atoms with Gasteiger partial charge in [-0.2, -0.15) is 0 Å². The number of carbonyl (C=O) groups is 2. The van der Waals surface area contributed by atoms with Gasteiger partial charge in [-0.05, 0) is 24.1 Å². The lowest BCUT2D eigenvalue weighted by Crippen LogP contribution is -2.36. The Morgan fingerprint density at radius 3 is 2.55 bits per heavy atom. The first kappa shape index (κ1) is 14.3. The monoisotopic (exact) mass is 273 g/mol. The summed E-state index contributed by atoms with van der Waals surface area (Å²) in [6.07, 6.45) is 0.254. The molecule has 5 nitrogen and oxygen atoms in total. The predicted molar refractivity (Wildman–Crippen MR) is 78.4 cm³/mol. The molecule has 1 heterocycles. The van der Waals surface area contributed by atoms with Gasteiger partial charge in [0.15, 0.2) is 0 Å². The summed E-state index contributed by atoms with van der Waals surface area (Å²) >= 11 is 0. The molecule has 2 amide bonds. The highest BCUT2D eigenvalue weighted by Gasteiger charge is 2.17. The van der Waals surface area contributed by atoms with Crippen LogP contribution in [0, 0.1) is 0 Å². The Morgan fingerprint density at radius 2 is 1.95 bits per heavy atom. The van der Waals surface area contributed by atoms with Crippen LogP contribution in [0.1, 0.15) is 12.5 Å². The van der Waals surface area contributed by atoms with E-state index in [0.717, 1.165) is 29.8 Å². The number of likely N-dealkylation sites (N-methyl/N-ethyl adjacent to an activating group) is 1. The van der Waals surface area contributed by atoms with Crippen molar-refractivity contribution in [3.63, 3.8) is 0 Å². The van der Waals surface area contributed by atoms with Crippen LogP contribution in [0.5, 0.6) is 0 Å². The van der Waals surface area contributed by atoms with Crippen LogP contribution < -0.4 is 16.0 Å². The normalized spacial score (nSPS) is 13.4. The molecule has 1 aromatic rings. The minimum absolute atomic E-state index is 0.0787. The molecule has 0 atom stereocenters. The summed E-state index contributed by atoms with van der Waals surface area (Å²) in [4.78, 5) is 23.6. The van der Waals surface area contributed by atoms with Gasteiger partial charge in [-0.15, -0.1) is 0 Å². The average Bonchev–Trinajstić information content (AvgIpc) is 2.38. The van der Waals surface area contributed by atoms with E-state index in [1.165, 1.54) is 0 Å². The third kappa shape index (κ3) is 3.24. The predicted octanol–water partition coefficient (Wildman–Crippen LogP) is 0.833. The number of hydrogen-bond donors (Lipinski definition) is 3. The molecule has 3 N–H and O–H groups in total. The van der Waals surface area contributed by atoms with Gasteiger partial charge in [0.25, 0.3) is 5.91 Å². The van der Waals surface area contributed by atoms with Gasteiger partial charge in [-0.1, -0.05) is 18.2 Å². The number of nitrogens with one attached hydrogen (secondary N) is 3. The van der Waals surface area contributed by atoms with Crippen LogP contribution >= 0.6 is 0 Å². The molecule has 0 bridgehead atoms. The van der Waals surface area contributed by atoms with Crippen molar-refractivity contribution in [1.82, 2.24) is 10.6 Å². The molecule has 20 heavy (non-hydrogen) atoms. The quantitative estimate of drug-likeness (QED) is 0.712. The molecule has 1 saturated heterocycles. The molecular formula is C15H19N3O2. The second kappa shape index (κ2) is 6.34. The smallest absolute Gasteiger partial charge is 0.251 e. The first-order valence-corrected chi connectivity index (χ1v) is 6.61. The molecule has 1 aromatic carbocycles. The van der Waals surface area contributed by atoms with Crippen molar-refractivity contribution in [1.29, 1.82) is 0 Å². The van der Waals surface area contributed by atoms with Crippen molar-refractivity contribution in [3.05, 3.63) is 41.0 Å². The molecule has 0 radical (unpaired) electrons. The Hall–Kier alpha value is -2.14. The highest BCUT2D eigenvalue weighted by atomic mass is 16.2. The van der Waals surface area contributed by atoms with Crippen molar-refractivity contribution < 1.29 is 9.59 Å². The Labute approximate surface area is 118 Å². The summed E-state index contributed by atoms with van der Waals surface area (Å²) in [5.41, 5.74) is 3.38. The fraction of sp³-hybridized carbons (Fsp3) is 0.333. The summed E-state index contributed by atoms with van der Waals surface area (Å²) in [6, 6.07) is 7.36. The van der Waals surface area contributed by atoms with Gasteiger partial charge in [-0.25, -0.2) is 0 Å². The Bertz CT molecular complexity index is 558. The maximum atomic E-state index is 12.2. The summed E-state index contributed by atoms with van der Waals surface area (Å²) in [5, 5.41) is 8.58. The summed E-state index contributed by atoms with van der Waals surface area (Å²) < 4.78 is 0. The van der Waals surface area contributed by atoms with E-state index >= 15 is 0 Å². The number of carbonyl (C=O) groups excluding carboxylic acids is 2. The standard InChI is InChI=1S/C15H19N3O2/c1-10(12-8-17-9-12)15(20)18-13-6-4-3-5-11(13)7-14(19)16-2/h3-6,17H,7-9H2,1-2H3,(H,16,19)(H,18,20). The molecule has 0 saturated carbocycles. The molecule has 0 unspecified atom stereocenters. The van der Waals surface area contributed by atoms with Crippen LogP contribution in [-0.4, -0.2) is 32.0 Å². The number of rotatable bonds is 4. The zero-order chi connectivity index (χ0) is 14.5. The van der Waals surface area contributed by atoms with E-state index in [2.05, 4.69) is 16.0 Å². The average molecular weight is 273 g/mol. The number of para-hydroxylation sites is 1. The molecule has 2 rings (SSSR count). The lowest BCUT2D eigenvalue weighted by atomic mass is 10.0. The van der Waals surface area contributed by atoms with E-state index in [-0.39, 0.29) is 18.2 Å². The fourth-order valence-corrected chi connectivity index (χ4v) is 1.95. The number of anilines is 1. The molecule has 1 fully saturated rings. The van der Waals surface area contributed by atoms with Gasteiger partial charge in [0.05, 0.1) is 6.42 Å². The highest BCUT2D eigenvalue weighted by Crippen LogP contribution is 2.18. The Balaban J connectivity index is 2.12. The van der Waals surface area contributed by atoms with Crippen LogP contribution in [0.4, 0.5) is 5.69 Å². The van der Waals surface area contributed by atoms with Crippen molar-refractivity contribution in [3.8, 4) is 0 Å². The van der Waals surface area contributed by atoms with Gasteiger partial charge in [-0.3, -0.25) is 9.59 Å². The van der Waals surface area contributed by atoms with E-state index < -0.39 is 0 Å². The van der Waals surface area contributed by atoms with Crippen LogP contribution in [0.25, 0.3) is 0 Å². The molecular weight excluding hydrogens is 254 g/mol.